The van der Waals surface area contributed by atoms with Crippen LogP contribution in [0.4, 0.5) is 13.2 Å². The molecule has 0 atom stereocenters. The van der Waals surface area contributed by atoms with Gasteiger partial charge >= 0.3 is 6.18 Å². The van der Waals surface area contributed by atoms with E-state index in [1.165, 1.54) is 6.07 Å². The Bertz CT molecular complexity index is 694. The van der Waals surface area contributed by atoms with Crippen LogP contribution in [0, 0.1) is 0 Å². The molecule has 7 heteroatoms. The molecule has 0 fully saturated rings. The van der Waals surface area contributed by atoms with E-state index >= 15 is 0 Å². The summed E-state index contributed by atoms with van der Waals surface area (Å²) in [5.74, 6) is 0.816. The van der Waals surface area contributed by atoms with Gasteiger partial charge in [0.2, 0.25) is 5.89 Å². The first-order valence-electron chi connectivity index (χ1n) is 7.62. The third kappa shape index (κ3) is 5.19. The predicted octanol–water partition coefficient (Wildman–Crippen LogP) is 4.08. The lowest BCUT2D eigenvalue weighted by Gasteiger charge is -2.17. The first-order valence-corrected chi connectivity index (χ1v) is 7.62. The van der Waals surface area contributed by atoms with Gasteiger partial charge in [-0.05, 0) is 25.1 Å². The summed E-state index contributed by atoms with van der Waals surface area (Å²) in [6, 6.07) is 5.15. The van der Waals surface area contributed by atoms with Gasteiger partial charge in [0.05, 0.1) is 12.1 Å². The second kappa shape index (κ2) is 7.61. The summed E-state index contributed by atoms with van der Waals surface area (Å²) in [7, 11) is 0. The van der Waals surface area contributed by atoms with Gasteiger partial charge in [0.25, 0.3) is 0 Å². The second-order valence-electron chi connectivity index (χ2n) is 5.74. The zero-order chi connectivity index (χ0) is 17.7. The average molecular weight is 339 g/mol. The summed E-state index contributed by atoms with van der Waals surface area (Å²) in [6.45, 7) is 9.84. The van der Waals surface area contributed by atoms with Crippen molar-refractivity contribution in [2.45, 2.75) is 33.0 Å². The number of benzene rings is 1. The van der Waals surface area contributed by atoms with Crippen LogP contribution in [-0.4, -0.2) is 28.1 Å². The fourth-order valence-electron chi connectivity index (χ4n) is 2.32. The highest BCUT2D eigenvalue weighted by Gasteiger charge is 2.30. The molecule has 4 nitrogen and oxygen atoms in total. The topological polar surface area (TPSA) is 42.2 Å². The quantitative estimate of drug-likeness (QED) is 0.713. The minimum atomic E-state index is -4.36. The molecule has 1 aromatic carbocycles. The summed E-state index contributed by atoms with van der Waals surface area (Å²) in [5, 5.41) is 3.85. The van der Waals surface area contributed by atoms with Crippen molar-refractivity contribution in [2.75, 3.05) is 13.1 Å². The van der Waals surface area contributed by atoms with Crippen LogP contribution >= 0.6 is 0 Å². The number of aromatic nitrogens is 2. The van der Waals surface area contributed by atoms with Gasteiger partial charge in [0, 0.05) is 13.0 Å². The lowest BCUT2D eigenvalue weighted by molar-refractivity contribution is -0.137. The maximum atomic E-state index is 12.7. The molecule has 0 saturated heterocycles. The van der Waals surface area contributed by atoms with Crippen LogP contribution in [0.1, 0.15) is 36.7 Å². The SMILES string of the molecule is C=C(C)CN(CC)Cc1nc(Cc2cccc(C(F)(F)F)c2)no1. The smallest absolute Gasteiger partial charge is 0.338 e. The minimum Gasteiger partial charge on any atom is -0.338 e. The molecule has 1 heterocycles. The largest absolute Gasteiger partial charge is 0.416 e. The monoisotopic (exact) mass is 339 g/mol. The highest BCUT2D eigenvalue weighted by molar-refractivity contribution is 5.27. The van der Waals surface area contributed by atoms with Crippen molar-refractivity contribution in [1.82, 2.24) is 15.0 Å². The average Bonchev–Trinajstić information content (AvgIpc) is 2.92. The van der Waals surface area contributed by atoms with Crippen LogP contribution in [0.25, 0.3) is 0 Å². The van der Waals surface area contributed by atoms with Gasteiger partial charge in [-0.25, -0.2) is 0 Å². The van der Waals surface area contributed by atoms with Crippen LogP contribution in [0.3, 0.4) is 0 Å². The number of hydrogen-bond donors (Lipinski definition) is 0. The lowest BCUT2D eigenvalue weighted by Crippen LogP contribution is -2.24. The van der Waals surface area contributed by atoms with E-state index in [0.717, 1.165) is 30.8 Å². The van der Waals surface area contributed by atoms with Crippen LogP contribution in [-0.2, 0) is 19.1 Å². The minimum absolute atomic E-state index is 0.194. The molecule has 0 amide bonds. The molecular formula is C17H20F3N3O. The van der Waals surface area contributed by atoms with Crippen LogP contribution < -0.4 is 0 Å². The van der Waals surface area contributed by atoms with E-state index in [0.29, 0.717) is 23.8 Å². The van der Waals surface area contributed by atoms with Crippen molar-refractivity contribution in [3.05, 3.63) is 59.3 Å². The molecule has 2 rings (SSSR count). The molecule has 0 bridgehead atoms. The standard InChI is InChI=1S/C17H20F3N3O/c1-4-23(10-12(2)3)11-16-21-15(22-24-16)9-13-6-5-7-14(8-13)17(18,19)20/h5-8H,2,4,9-11H2,1,3H3. The number of halogens is 3. The summed E-state index contributed by atoms with van der Waals surface area (Å²) in [6.07, 6.45) is -4.16. The van der Waals surface area contributed by atoms with Crippen molar-refractivity contribution in [2.24, 2.45) is 0 Å². The summed E-state index contributed by atoms with van der Waals surface area (Å²) in [5.41, 5.74) is 0.842. The molecule has 0 aliphatic rings. The Morgan fingerprint density at radius 1 is 1.33 bits per heavy atom. The van der Waals surface area contributed by atoms with Crippen molar-refractivity contribution in [3.63, 3.8) is 0 Å². The predicted molar refractivity (Wildman–Crippen MR) is 84.3 cm³/mol. The molecule has 0 unspecified atom stereocenters. The molecule has 0 saturated carbocycles. The fourth-order valence-corrected chi connectivity index (χ4v) is 2.32. The van der Waals surface area contributed by atoms with Gasteiger partial charge in [-0.2, -0.15) is 18.2 Å². The zero-order valence-electron chi connectivity index (χ0n) is 13.7. The first kappa shape index (κ1) is 18.2. The highest BCUT2D eigenvalue weighted by Crippen LogP contribution is 2.29. The molecule has 0 radical (unpaired) electrons. The van der Waals surface area contributed by atoms with Crippen molar-refractivity contribution >= 4 is 0 Å². The molecule has 0 aliphatic heterocycles. The molecule has 24 heavy (non-hydrogen) atoms. The van der Waals surface area contributed by atoms with Gasteiger partial charge in [-0.15, -0.1) is 0 Å². The van der Waals surface area contributed by atoms with E-state index in [9.17, 15) is 13.2 Å². The number of alkyl halides is 3. The van der Waals surface area contributed by atoms with E-state index in [4.69, 9.17) is 4.52 Å². The Labute approximate surface area is 139 Å². The van der Waals surface area contributed by atoms with Crippen LogP contribution in [0.2, 0.25) is 0 Å². The second-order valence-corrected chi connectivity index (χ2v) is 5.74. The summed E-state index contributed by atoms with van der Waals surface area (Å²) >= 11 is 0. The van der Waals surface area contributed by atoms with E-state index in [1.54, 1.807) is 6.07 Å². The Hall–Kier alpha value is -2.15. The zero-order valence-corrected chi connectivity index (χ0v) is 13.7. The van der Waals surface area contributed by atoms with Crippen LogP contribution in [0.15, 0.2) is 40.9 Å². The number of rotatable bonds is 7. The lowest BCUT2D eigenvalue weighted by atomic mass is 10.1. The summed E-state index contributed by atoms with van der Waals surface area (Å²) < 4.78 is 43.4. The van der Waals surface area contributed by atoms with E-state index < -0.39 is 11.7 Å². The van der Waals surface area contributed by atoms with E-state index in [-0.39, 0.29) is 6.42 Å². The maximum absolute atomic E-state index is 12.7. The molecule has 0 spiro atoms. The Morgan fingerprint density at radius 3 is 2.71 bits per heavy atom. The van der Waals surface area contributed by atoms with Crippen molar-refractivity contribution < 1.29 is 17.7 Å². The Morgan fingerprint density at radius 2 is 2.08 bits per heavy atom. The fraction of sp³-hybridized carbons (Fsp3) is 0.412. The Kier molecular flexibility index (Phi) is 5.77. The molecule has 0 N–H and O–H groups in total. The highest BCUT2D eigenvalue weighted by atomic mass is 19.4. The molecule has 0 aliphatic carbocycles. The molecule has 2 aromatic rings. The normalized spacial score (nSPS) is 11.9. The molecule has 1 aromatic heterocycles. The van der Waals surface area contributed by atoms with Crippen LogP contribution in [0.5, 0.6) is 0 Å². The number of likely N-dealkylation sites (N-methyl/N-ethyl adjacent to an activating group) is 1. The van der Waals surface area contributed by atoms with E-state index in [1.807, 2.05) is 13.8 Å². The van der Waals surface area contributed by atoms with E-state index in [2.05, 4.69) is 21.6 Å². The Balaban J connectivity index is 2.05. The van der Waals surface area contributed by atoms with Gasteiger partial charge in [-0.1, -0.05) is 42.4 Å². The van der Waals surface area contributed by atoms with Gasteiger partial charge in [0.1, 0.15) is 0 Å². The third-order valence-electron chi connectivity index (χ3n) is 3.43. The maximum Gasteiger partial charge on any atom is 0.416 e. The first-order chi connectivity index (χ1) is 11.3. The molecular weight excluding hydrogens is 319 g/mol. The van der Waals surface area contributed by atoms with Gasteiger partial charge in [0.15, 0.2) is 5.82 Å². The van der Waals surface area contributed by atoms with Gasteiger partial charge < -0.3 is 4.52 Å². The summed E-state index contributed by atoms with van der Waals surface area (Å²) in [4.78, 5) is 6.35. The van der Waals surface area contributed by atoms with Crippen molar-refractivity contribution in [1.29, 1.82) is 0 Å². The third-order valence-corrected chi connectivity index (χ3v) is 3.43. The van der Waals surface area contributed by atoms with Crippen molar-refractivity contribution in [3.8, 4) is 0 Å². The van der Waals surface area contributed by atoms with Gasteiger partial charge in [-0.3, -0.25) is 4.90 Å². The number of hydrogen-bond acceptors (Lipinski definition) is 4. The molecule has 130 valence electrons. The number of nitrogens with zero attached hydrogens (tertiary/aromatic N) is 3.